The van der Waals surface area contributed by atoms with Crippen LogP contribution in [0.1, 0.15) is 6.92 Å². The number of aliphatic hydroxyl groups excluding tert-OH is 1. The lowest BCUT2D eigenvalue weighted by atomic mass is 10.3. The van der Waals surface area contributed by atoms with E-state index in [4.69, 9.17) is 19.3 Å². The van der Waals surface area contributed by atoms with E-state index >= 15 is 0 Å². The number of hydrogen-bond acceptors (Lipinski definition) is 5. The number of rotatable bonds is 11. The minimum atomic E-state index is 0.0751. The van der Waals surface area contributed by atoms with Crippen molar-refractivity contribution in [3.05, 3.63) is 0 Å². The van der Waals surface area contributed by atoms with E-state index in [-0.39, 0.29) is 6.61 Å². The van der Waals surface area contributed by atoms with E-state index in [1.165, 1.54) is 0 Å². The summed E-state index contributed by atoms with van der Waals surface area (Å²) in [5, 5.41) is 8.59. The third-order valence-corrected chi connectivity index (χ3v) is 2.37. The Labute approximate surface area is 98.3 Å². The summed E-state index contributed by atoms with van der Waals surface area (Å²) < 4.78 is 15.4. The van der Waals surface area contributed by atoms with Crippen molar-refractivity contribution in [2.45, 2.75) is 13.0 Å². The van der Waals surface area contributed by atoms with Crippen molar-refractivity contribution in [1.29, 1.82) is 0 Å². The SMILES string of the molecule is COCCN(CCOCCO)C(C)COC. The van der Waals surface area contributed by atoms with Gasteiger partial charge in [0.1, 0.15) is 0 Å². The Morgan fingerprint density at radius 3 is 2.31 bits per heavy atom. The zero-order valence-electron chi connectivity index (χ0n) is 10.6. The van der Waals surface area contributed by atoms with Gasteiger partial charge in [-0.05, 0) is 6.92 Å². The summed E-state index contributed by atoms with van der Waals surface area (Å²) >= 11 is 0. The minimum Gasteiger partial charge on any atom is -0.394 e. The highest BCUT2D eigenvalue weighted by molar-refractivity contribution is 4.66. The molecule has 1 atom stereocenters. The Bertz CT molecular complexity index is 146. The van der Waals surface area contributed by atoms with Gasteiger partial charge in [0.05, 0.1) is 33.0 Å². The topological polar surface area (TPSA) is 51.2 Å². The van der Waals surface area contributed by atoms with Crippen LogP contribution in [0.4, 0.5) is 0 Å². The largest absolute Gasteiger partial charge is 0.394 e. The molecule has 0 aliphatic rings. The third kappa shape index (κ3) is 8.01. The number of methoxy groups -OCH3 is 2. The summed E-state index contributed by atoms with van der Waals surface area (Å²) in [6.45, 7) is 6.31. The highest BCUT2D eigenvalue weighted by Gasteiger charge is 2.12. The molecule has 0 aromatic rings. The molecule has 0 radical (unpaired) electrons. The maximum atomic E-state index is 8.59. The summed E-state index contributed by atoms with van der Waals surface area (Å²) in [6, 6.07) is 0.345. The molecule has 0 rings (SSSR count). The van der Waals surface area contributed by atoms with Gasteiger partial charge in [-0.25, -0.2) is 0 Å². The smallest absolute Gasteiger partial charge is 0.0698 e. The second-order valence-electron chi connectivity index (χ2n) is 3.67. The van der Waals surface area contributed by atoms with Crippen LogP contribution in [-0.2, 0) is 14.2 Å². The fourth-order valence-electron chi connectivity index (χ4n) is 1.46. The molecule has 0 bridgehead atoms. The first-order chi connectivity index (χ1) is 7.76. The second kappa shape index (κ2) is 11.3. The second-order valence-corrected chi connectivity index (χ2v) is 3.67. The van der Waals surface area contributed by atoms with E-state index in [0.717, 1.165) is 13.1 Å². The highest BCUT2D eigenvalue weighted by atomic mass is 16.5. The van der Waals surface area contributed by atoms with Gasteiger partial charge in [0.15, 0.2) is 0 Å². The molecule has 0 aliphatic heterocycles. The number of aliphatic hydroxyl groups is 1. The van der Waals surface area contributed by atoms with E-state index in [1.54, 1.807) is 14.2 Å². The molecule has 98 valence electrons. The van der Waals surface area contributed by atoms with Gasteiger partial charge in [-0.2, -0.15) is 0 Å². The van der Waals surface area contributed by atoms with E-state index in [0.29, 0.717) is 32.5 Å². The summed E-state index contributed by atoms with van der Waals surface area (Å²) in [5.74, 6) is 0. The van der Waals surface area contributed by atoms with Crippen molar-refractivity contribution in [2.75, 3.05) is 60.3 Å². The van der Waals surface area contributed by atoms with Gasteiger partial charge < -0.3 is 19.3 Å². The van der Waals surface area contributed by atoms with Gasteiger partial charge >= 0.3 is 0 Å². The first-order valence-corrected chi connectivity index (χ1v) is 5.66. The molecule has 0 aromatic carbocycles. The van der Waals surface area contributed by atoms with Gasteiger partial charge in [-0.1, -0.05) is 0 Å². The first kappa shape index (κ1) is 15.8. The average molecular weight is 235 g/mol. The van der Waals surface area contributed by atoms with Crippen molar-refractivity contribution in [3.63, 3.8) is 0 Å². The monoisotopic (exact) mass is 235 g/mol. The van der Waals surface area contributed by atoms with Gasteiger partial charge in [0.2, 0.25) is 0 Å². The summed E-state index contributed by atoms with van der Waals surface area (Å²) in [7, 11) is 3.40. The highest BCUT2D eigenvalue weighted by Crippen LogP contribution is 1.99. The molecule has 1 N–H and O–H groups in total. The fraction of sp³-hybridized carbons (Fsp3) is 1.00. The Kier molecular flexibility index (Phi) is 11.1. The van der Waals surface area contributed by atoms with Crippen molar-refractivity contribution < 1.29 is 19.3 Å². The number of hydrogen-bond donors (Lipinski definition) is 1. The molecule has 16 heavy (non-hydrogen) atoms. The summed E-state index contributed by atoms with van der Waals surface area (Å²) in [4.78, 5) is 2.25. The molecule has 0 amide bonds. The lowest BCUT2D eigenvalue weighted by Crippen LogP contribution is -2.40. The lowest BCUT2D eigenvalue weighted by Gasteiger charge is -2.28. The van der Waals surface area contributed by atoms with Gasteiger partial charge in [0, 0.05) is 33.4 Å². The number of nitrogens with zero attached hydrogens (tertiary/aromatic N) is 1. The van der Waals surface area contributed by atoms with Crippen LogP contribution in [-0.4, -0.2) is 76.4 Å². The molecular formula is C11H25NO4. The van der Waals surface area contributed by atoms with Gasteiger partial charge in [-0.15, -0.1) is 0 Å². The van der Waals surface area contributed by atoms with Crippen LogP contribution in [0.2, 0.25) is 0 Å². The predicted molar refractivity (Wildman–Crippen MR) is 62.7 cm³/mol. The van der Waals surface area contributed by atoms with Crippen molar-refractivity contribution in [1.82, 2.24) is 4.90 Å². The molecule has 0 aromatic heterocycles. The molecule has 0 fully saturated rings. The van der Waals surface area contributed by atoms with Crippen LogP contribution < -0.4 is 0 Å². The molecule has 5 nitrogen and oxygen atoms in total. The Morgan fingerprint density at radius 2 is 1.75 bits per heavy atom. The maximum absolute atomic E-state index is 8.59. The summed E-state index contributed by atoms with van der Waals surface area (Å²) in [6.07, 6.45) is 0. The van der Waals surface area contributed by atoms with Crippen LogP contribution in [0.15, 0.2) is 0 Å². The quantitative estimate of drug-likeness (QED) is 0.510. The Hall–Kier alpha value is -0.200. The molecular weight excluding hydrogens is 210 g/mol. The molecule has 0 spiro atoms. The van der Waals surface area contributed by atoms with Crippen LogP contribution in [0.25, 0.3) is 0 Å². The van der Waals surface area contributed by atoms with E-state index in [1.807, 2.05) is 0 Å². The molecule has 0 aliphatic carbocycles. The van der Waals surface area contributed by atoms with Crippen LogP contribution in [0.5, 0.6) is 0 Å². The van der Waals surface area contributed by atoms with Crippen LogP contribution >= 0.6 is 0 Å². The molecule has 1 unspecified atom stereocenters. The summed E-state index contributed by atoms with van der Waals surface area (Å²) in [5.41, 5.74) is 0. The van der Waals surface area contributed by atoms with Crippen LogP contribution in [0.3, 0.4) is 0 Å². The van der Waals surface area contributed by atoms with E-state index < -0.39 is 0 Å². The predicted octanol–water partition coefficient (Wildman–Crippen LogP) is -0.0214. The zero-order valence-corrected chi connectivity index (χ0v) is 10.6. The van der Waals surface area contributed by atoms with Gasteiger partial charge in [0.25, 0.3) is 0 Å². The number of ether oxygens (including phenoxy) is 3. The standard InChI is InChI=1S/C11H25NO4/c1-11(10-15-3)12(4-7-14-2)5-8-16-9-6-13/h11,13H,4-10H2,1-3H3. The fourth-order valence-corrected chi connectivity index (χ4v) is 1.46. The molecule has 5 heteroatoms. The molecule has 0 saturated carbocycles. The Morgan fingerprint density at radius 1 is 1.06 bits per heavy atom. The van der Waals surface area contributed by atoms with Crippen molar-refractivity contribution >= 4 is 0 Å². The average Bonchev–Trinajstić information content (AvgIpc) is 2.28. The third-order valence-electron chi connectivity index (χ3n) is 2.37. The van der Waals surface area contributed by atoms with Gasteiger partial charge in [-0.3, -0.25) is 4.90 Å². The zero-order chi connectivity index (χ0) is 12.2. The van der Waals surface area contributed by atoms with Crippen LogP contribution in [0, 0.1) is 0 Å². The van der Waals surface area contributed by atoms with Crippen molar-refractivity contribution in [2.24, 2.45) is 0 Å². The van der Waals surface area contributed by atoms with E-state index in [9.17, 15) is 0 Å². The minimum absolute atomic E-state index is 0.0751. The molecule has 0 heterocycles. The molecule has 0 saturated heterocycles. The normalized spacial score (nSPS) is 13.3. The maximum Gasteiger partial charge on any atom is 0.0698 e. The van der Waals surface area contributed by atoms with E-state index in [2.05, 4.69) is 11.8 Å². The Balaban J connectivity index is 3.79. The first-order valence-electron chi connectivity index (χ1n) is 5.66. The lowest BCUT2D eigenvalue weighted by molar-refractivity contribution is 0.0360. The van der Waals surface area contributed by atoms with Crippen molar-refractivity contribution in [3.8, 4) is 0 Å².